The maximum atomic E-state index is 9.83. The lowest BCUT2D eigenvalue weighted by Crippen LogP contribution is -2.24. The van der Waals surface area contributed by atoms with Crippen LogP contribution in [0.15, 0.2) is 18.2 Å². The van der Waals surface area contributed by atoms with Crippen molar-refractivity contribution in [2.75, 3.05) is 40.6 Å². The lowest BCUT2D eigenvalue weighted by atomic mass is 10.1. The van der Waals surface area contributed by atoms with Crippen LogP contribution in [0.25, 0.3) is 0 Å². The van der Waals surface area contributed by atoms with Crippen molar-refractivity contribution in [2.45, 2.75) is 13.0 Å². The van der Waals surface area contributed by atoms with Gasteiger partial charge in [0.1, 0.15) is 11.5 Å². The fourth-order valence-electron chi connectivity index (χ4n) is 1.71. The number of nitrogens with one attached hydrogen (secondary N) is 1. The molecule has 1 atom stereocenters. The Bertz CT molecular complexity index is 370. The number of hydrogen-bond acceptors (Lipinski definition) is 5. The van der Waals surface area contributed by atoms with E-state index in [4.69, 9.17) is 14.2 Å². The fourth-order valence-corrected chi connectivity index (χ4v) is 1.71. The topological polar surface area (TPSA) is 60.0 Å². The number of hydrogen-bond donors (Lipinski definition) is 2. The Labute approximate surface area is 114 Å². The van der Waals surface area contributed by atoms with Crippen molar-refractivity contribution in [2.24, 2.45) is 0 Å². The van der Waals surface area contributed by atoms with Crippen molar-refractivity contribution < 1.29 is 19.3 Å². The predicted octanol–water partition coefficient (Wildman–Crippen LogP) is 1.71. The van der Waals surface area contributed by atoms with E-state index in [2.05, 4.69) is 5.32 Å². The van der Waals surface area contributed by atoms with E-state index in [1.807, 2.05) is 13.0 Å². The fraction of sp³-hybridized carbons (Fsp3) is 0.571. The first-order valence-electron chi connectivity index (χ1n) is 6.36. The normalized spacial score (nSPS) is 12.4. The van der Waals surface area contributed by atoms with Gasteiger partial charge in [0.15, 0.2) is 0 Å². The van der Waals surface area contributed by atoms with Gasteiger partial charge in [0, 0.05) is 25.3 Å². The van der Waals surface area contributed by atoms with Crippen molar-refractivity contribution >= 4 is 0 Å². The molecule has 2 N–H and O–H groups in total. The maximum Gasteiger partial charge on any atom is 0.120 e. The molecule has 0 saturated heterocycles. The highest BCUT2D eigenvalue weighted by Crippen LogP contribution is 2.27. The van der Waals surface area contributed by atoms with Crippen LogP contribution in [0.2, 0.25) is 0 Å². The summed E-state index contributed by atoms with van der Waals surface area (Å²) in [5.74, 6) is 0.999. The van der Waals surface area contributed by atoms with E-state index in [0.29, 0.717) is 26.4 Å². The molecule has 0 amide bonds. The number of benzene rings is 1. The molecule has 0 aromatic heterocycles. The van der Waals surface area contributed by atoms with Crippen LogP contribution in [-0.2, 0) is 9.47 Å². The molecule has 1 aromatic rings. The molecule has 0 spiro atoms. The van der Waals surface area contributed by atoms with Crippen LogP contribution in [0, 0.1) is 0 Å². The second-order valence-corrected chi connectivity index (χ2v) is 4.21. The van der Waals surface area contributed by atoms with E-state index in [1.54, 1.807) is 26.4 Å². The Balaban J connectivity index is 2.38. The molecule has 0 aliphatic heterocycles. The first-order chi connectivity index (χ1) is 9.19. The summed E-state index contributed by atoms with van der Waals surface area (Å²) in [6.07, 6.45) is 0. The van der Waals surface area contributed by atoms with Gasteiger partial charge in [-0.15, -0.1) is 0 Å². The highest BCUT2D eigenvalue weighted by atomic mass is 16.5. The zero-order valence-electron chi connectivity index (χ0n) is 11.8. The maximum absolute atomic E-state index is 9.83. The Kier molecular flexibility index (Phi) is 7.25. The van der Waals surface area contributed by atoms with Gasteiger partial charge in [0.25, 0.3) is 0 Å². The molecule has 0 radical (unpaired) electrons. The van der Waals surface area contributed by atoms with E-state index in [9.17, 15) is 5.11 Å². The smallest absolute Gasteiger partial charge is 0.120 e. The van der Waals surface area contributed by atoms with Gasteiger partial charge in [-0.05, 0) is 25.1 Å². The van der Waals surface area contributed by atoms with Crippen LogP contribution >= 0.6 is 0 Å². The number of phenolic OH excluding ortho intramolecular Hbond substituents is 1. The molecule has 0 aliphatic carbocycles. The van der Waals surface area contributed by atoms with Crippen molar-refractivity contribution in [3.05, 3.63) is 23.8 Å². The van der Waals surface area contributed by atoms with Crippen molar-refractivity contribution in [1.82, 2.24) is 5.32 Å². The lowest BCUT2D eigenvalue weighted by Gasteiger charge is -2.16. The average Bonchev–Trinajstić information content (AvgIpc) is 2.43. The predicted molar refractivity (Wildman–Crippen MR) is 73.8 cm³/mol. The summed E-state index contributed by atoms with van der Waals surface area (Å²) in [6, 6.07) is 5.24. The van der Waals surface area contributed by atoms with E-state index in [0.717, 1.165) is 11.3 Å². The van der Waals surface area contributed by atoms with E-state index < -0.39 is 0 Å². The minimum atomic E-state index is 0.0288. The standard InChI is InChI=1S/C14H23NO4/c1-11(15-6-7-19-9-8-17-2)13-10-12(18-3)4-5-14(13)16/h4-5,10-11,15-16H,6-9H2,1-3H3. The third-order valence-electron chi connectivity index (χ3n) is 2.83. The van der Waals surface area contributed by atoms with Gasteiger partial charge >= 0.3 is 0 Å². The van der Waals surface area contributed by atoms with Gasteiger partial charge in [0.05, 0.1) is 26.9 Å². The third kappa shape index (κ3) is 5.46. The lowest BCUT2D eigenvalue weighted by molar-refractivity contribution is 0.0712. The molecule has 1 unspecified atom stereocenters. The van der Waals surface area contributed by atoms with E-state index >= 15 is 0 Å². The molecule has 0 saturated carbocycles. The van der Waals surface area contributed by atoms with Crippen LogP contribution in [0.3, 0.4) is 0 Å². The molecule has 0 heterocycles. The molecular weight excluding hydrogens is 246 g/mol. The minimum absolute atomic E-state index is 0.0288. The highest BCUT2D eigenvalue weighted by molar-refractivity contribution is 5.41. The first kappa shape index (κ1) is 15.8. The third-order valence-corrected chi connectivity index (χ3v) is 2.83. The number of ether oxygens (including phenoxy) is 3. The number of phenols is 1. The van der Waals surface area contributed by atoms with Gasteiger partial charge in [-0.1, -0.05) is 0 Å². The zero-order valence-corrected chi connectivity index (χ0v) is 11.8. The quantitative estimate of drug-likeness (QED) is 0.668. The Morgan fingerprint density at radius 1 is 1.21 bits per heavy atom. The van der Waals surface area contributed by atoms with Gasteiger partial charge in [-0.2, -0.15) is 0 Å². The second kappa shape index (κ2) is 8.74. The monoisotopic (exact) mass is 269 g/mol. The number of methoxy groups -OCH3 is 2. The van der Waals surface area contributed by atoms with Crippen molar-refractivity contribution in [3.63, 3.8) is 0 Å². The van der Waals surface area contributed by atoms with E-state index in [1.165, 1.54) is 0 Å². The summed E-state index contributed by atoms with van der Waals surface area (Å²) in [5, 5.41) is 13.1. The summed E-state index contributed by atoms with van der Waals surface area (Å²) in [7, 11) is 3.26. The molecule has 0 bridgehead atoms. The first-order valence-corrected chi connectivity index (χ1v) is 6.36. The number of aromatic hydroxyl groups is 1. The zero-order chi connectivity index (χ0) is 14.1. The van der Waals surface area contributed by atoms with Crippen molar-refractivity contribution in [1.29, 1.82) is 0 Å². The van der Waals surface area contributed by atoms with Crippen LogP contribution in [0.1, 0.15) is 18.5 Å². The molecule has 1 rings (SSSR count). The SMILES string of the molecule is COCCOCCNC(C)c1cc(OC)ccc1O. The molecule has 0 aliphatic rings. The summed E-state index contributed by atoms with van der Waals surface area (Å²) >= 11 is 0. The second-order valence-electron chi connectivity index (χ2n) is 4.21. The van der Waals surface area contributed by atoms with Crippen molar-refractivity contribution in [3.8, 4) is 11.5 Å². The highest BCUT2D eigenvalue weighted by Gasteiger charge is 2.10. The summed E-state index contributed by atoms with van der Waals surface area (Å²) in [4.78, 5) is 0. The Morgan fingerprint density at radius 3 is 2.68 bits per heavy atom. The molecule has 5 heteroatoms. The van der Waals surface area contributed by atoms with Gasteiger partial charge in [-0.3, -0.25) is 0 Å². The summed E-state index contributed by atoms with van der Waals surface area (Å²) < 4.78 is 15.4. The summed E-state index contributed by atoms with van der Waals surface area (Å²) in [5.41, 5.74) is 0.816. The largest absolute Gasteiger partial charge is 0.508 e. The molecule has 19 heavy (non-hydrogen) atoms. The van der Waals surface area contributed by atoms with E-state index in [-0.39, 0.29) is 11.8 Å². The summed E-state index contributed by atoms with van der Waals surface area (Å²) in [6.45, 7) is 4.51. The molecule has 108 valence electrons. The Hall–Kier alpha value is -1.30. The molecule has 1 aromatic carbocycles. The minimum Gasteiger partial charge on any atom is -0.508 e. The van der Waals surface area contributed by atoms with Crippen LogP contribution in [-0.4, -0.2) is 45.7 Å². The van der Waals surface area contributed by atoms with Crippen LogP contribution < -0.4 is 10.1 Å². The van der Waals surface area contributed by atoms with Gasteiger partial charge in [-0.25, -0.2) is 0 Å². The van der Waals surface area contributed by atoms with Gasteiger partial charge in [0.2, 0.25) is 0 Å². The number of rotatable bonds is 9. The van der Waals surface area contributed by atoms with Crippen LogP contribution in [0.4, 0.5) is 0 Å². The molecule has 5 nitrogen and oxygen atoms in total. The van der Waals surface area contributed by atoms with Crippen LogP contribution in [0.5, 0.6) is 11.5 Å². The van der Waals surface area contributed by atoms with Gasteiger partial charge < -0.3 is 24.6 Å². The molecular formula is C14H23NO4. The Morgan fingerprint density at radius 2 is 2.00 bits per heavy atom. The molecule has 0 fully saturated rings. The average molecular weight is 269 g/mol.